The van der Waals surface area contributed by atoms with Gasteiger partial charge in [-0.3, -0.25) is 0 Å². The molecular formula is C12H25NO2. The summed E-state index contributed by atoms with van der Waals surface area (Å²) in [6.45, 7) is 7.58. The number of rotatable bonds is 8. The highest BCUT2D eigenvalue weighted by molar-refractivity contribution is 4.83. The molecule has 15 heavy (non-hydrogen) atoms. The minimum absolute atomic E-state index is 0.414. The smallest absolute Gasteiger partial charge is 0.0729 e. The van der Waals surface area contributed by atoms with E-state index in [1.807, 2.05) is 6.92 Å². The first-order chi connectivity index (χ1) is 7.38. The summed E-state index contributed by atoms with van der Waals surface area (Å²) in [4.78, 5) is 0. The van der Waals surface area contributed by atoms with Crippen LogP contribution >= 0.6 is 0 Å². The molecule has 1 fully saturated rings. The van der Waals surface area contributed by atoms with Gasteiger partial charge in [0, 0.05) is 12.6 Å². The Balaban J connectivity index is 2.09. The van der Waals surface area contributed by atoms with E-state index in [0.29, 0.717) is 12.1 Å². The van der Waals surface area contributed by atoms with Crippen molar-refractivity contribution in [3.8, 4) is 0 Å². The van der Waals surface area contributed by atoms with Gasteiger partial charge in [0.2, 0.25) is 0 Å². The minimum Gasteiger partial charge on any atom is -0.379 e. The Labute approximate surface area is 93.5 Å². The molecule has 0 aromatic carbocycles. The van der Waals surface area contributed by atoms with Crippen LogP contribution in [0.4, 0.5) is 0 Å². The fourth-order valence-electron chi connectivity index (χ4n) is 2.09. The summed E-state index contributed by atoms with van der Waals surface area (Å²) in [7, 11) is 0. The maximum Gasteiger partial charge on any atom is 0.0729 e. The molecule has 2 atom stereocenters. The number of nitrogens with one attached hydrogen (secondary N) is 1. The van der Waals surface area contributed by atoms with Gasteiger partial charge in [-0.15, -0.1) is 0 Å². The summed E-state index contributed by atoms with van der Waals surface area (Å²) < 4.78 is 11.1. The van der Waals surface area contributed by atoms with Gasteiger partial charge in [-0.05, 0) is 39.2 Å². The third-order valence-electron chi connectivity index (χ3n) is 2.87. The second-order valence-electron chi connectivity index (χ2n) is 4.10. The summed E-state index contributed by atoms with van der Waals surface area (Å²) in [6.07, 6.45) is 5.37. The Kier molecular flexibility index (Phi) is 6.98. The molecule has 0 heterocycles. The van der Waals surface area contributed by atoms with Crippen LogP contribution in [0.2, 0.25) is 0 Å². The molecule has 1 aliphatic carbocycles. The second-order valence-corrected chi connectivity index (χ2v) is 4.10. The molecule has 0 bridgehead atoms. The topological polar surface area (TPSA) is 30.5 Å². The lowest BCUT2D eigenvalue weighted by Crippen LogP contribution is -2.38. The van der Waals surface area contributed by atoms with E-state index in [9.17, 15) is 0 Å². The molecule has 0 amide bonds. The molecule has 90 valence electrons. The Bertz CT molecular complexity index is 153. The Morgan fingerprint density at radius 1 is 1.20 bits per heavy atom. The zero-order valence-electron chi connectivity index (χ0n) is 10.1. The Morgan fingerprint density at radius 2 is 2.07 bits per heavy atom. The summed E-state index contributed by atoms with van der Waals surface area (Å²) >= 11 is 0. The van der Waals surface area contributed by atoms with E-state index in [1.165, 1.54) is 25.7 Å². The largest absolute Gasteiger partial charge is 0.379 e. The van der Waals surface area contributed by atoms with Crippen LogP contribution in [0.3, 0.4) is 0 Å². The first-order valence-electron chi connectivity index (χ1n) is 6.31. The third kappa shape index (κ3) is 4.96. The van der Waals surface area contributed by atoms with Gasteiger partial charge in [-0.1, -0.05) is 6.92 Å². The second kappa shape index (κ2) is 8.08. The number of ether oxygens (including phenoxy) is 2. The third-order valence-corrected chi connectivity index (χ3v) is 2.87. The summed E-state index contributed by atoms with van der Waals surface area (Å²) in [5, 5.41) is 3.56. The van der Waals surface area contributed by atoms with Crippen LogP contribution in [0.1, 0.15) is 39.5 Å². The zero-order valence-corrected chi connectivity index (χ0v) is 10.1. The van der Waals surface area contributed by atoms with E-state index in [0.717, 1.165) is 26.4 Å². The van der Waals surface area contributed by atoms with Gasteiger partial charge in [0.15, 0.2) is 0 Å². The van der Waals surface area contributed by atoms with Crippen molar-refractivity contribution in [3.63, 3.8) is 0 Å². The summed E-state index contributed by atoms with van der Waals surface area (Å²) in [6, 6.07) is 0.576. The van der Waals surface area contributed by atoms with Crippen molar-refractivity contribution in [1.29, 1.82) is 0 Å². The SMILES string of the molecule is CCCNC1CCCC1OCCOCC. The molecule has 0 saturated heterocycles. The van der Waals surface area contributed by atoms with Crippen molar-refractivity contribution in [3.05, 3.63) is 0 Å². The predicted octanol–water partition coefficient (Wildman–Crippen LogP) is 1.96. The first-order valence-corrected chi connectivity index (χ1v) is 6.31. The molecule has 0 aliphatic heterocycles. The highest BCUT2D eigenvalue weighted by Gasteiger charge is 2.26. The molecule has 0 spiro atoms. The minimum atomic E-state index is 0.414. The quantitative estimate of drug-likeness (QED) is 0.628. The highest BCUT2D eigenvalue weighted by Crippen LogP contribution is 2.21. The van der Waals surface area contributed by atoms with E-state index in [1.54, 1.807) is 0 Å². The molecular weight excluding hydrogens is 190 g/mol. The number of hydrogen-bond donors (Lipinski definition) is 1. The van der Waals surface area contributed by atoms with Crippen molar-refractivity contribution < 1.29 is 9.47 Å². The van der Waals surface area contributed by atoms with Crippen LogP contribution in [0.15, 0.2) is 0 Å². The first kappa shape index (κ1) is 12.9. The van der Waals surface area contributed by atoms with Crippen LogP contribution in [0.5, 0.6) is 0 Å². The molecule has 3 nitrogen and oxygen atoms in total. The molecule has 0 radical (unpaired) electrons. The zero-order chi connectivity index (χ0) is 10.9. The molecule has 0 aromatic rings. The van der Waals surface area contributed by atoms with Gasteiger partial charge in [0.1, 0.15) is 0 Å². The highest BCUT2D eigenvalue weighted by atomic mass is 16.5. The molecule has 0 aromatic heterocycles. The van der Waals surface area contributed by atoms with Gasteiger partial charge in [-0.25, -0.2) is 0 Å². The van der Waals surface area contributed by atoms with E-state index in [-0.39, 0.29) is 0 Å². The summed E-state index contributed by atoms with van der Waals surface area (Å²) in [5.74, 6) is 0. The lowest BCUT2D eigenvalue weighted by atomic mass is 10.2. The molecule has 2 unspecified atom stereocenters. The van der Waals surface area contributed by atoms with Crippen molar-refractivity contribution in [2.75, 3.05) is 26.4 Å². The van der Waals surface area contributed by atoms with Gasteiger partial charge in [-0.2, -0.15) is 0 Å². The average Bonchev–Trinajstić information content (AvgIpc) is 2.69. The molecule has 1 rings (SSSR count). The fourth-order valence-corrected chi connectivity index (χ4v) is 2.09. The summed E-state index contributed by atoms with van der Waals surface area (Å²) in [5.41, 5.74) is 0. The van der Waals surface area contributed by atoms with E-state index in [4.69, 9.17) is 9.47 Å². The van der Waals surface area contributed by atoms with E-state index in [2.05, 4.69) is 12.2 Å². The lowest BCUT2D eigenvalue weighted by Gasteiger charge is -2.21. The van der Waals surface area contributed by atoms with Crippen molar-refractivity contribution >= 4 is 0 Å². The average molecular weight is 215 g/mol. The van der Waals surface area contributed by atoms with Crippen molar-refractivity contribution in [2.45, 2.75) is 51.7 Å². The molecule has 1 saturated carbocycles. The lowest BCUT2D eigenvalue weighted by molar-refractivity contribution is -0.000300. The fraction of sp³-hybridized carbons (Fsp3) is 1.00. The van der Waals surface area contributed by atoms with E-state index < -0.39 is 0 Å². The van der Waals surface area contributed by atoms with Crippen LogP contribution in [0, 0.1) is 0 Å². The molecule has 3 heteroatoms. The van der Waals surface area contributed by atoms with Crippen LogP contribution in [0.25, 0.3) is 0 Å². The van der Waals surface area contributed by atoms with Gasteiger partial charge in [0.05, 0.1) is 19.3 Å². The van der Waals surface area contributed by atoms with Crippen molar-refractivity contribution in [2.24, 2.45) is 0 Å². The maximum atomic E-state index is 5.83. The predicted molar refractivity (Wildman–Crippen MR) is 62.2 cm³/mol. The Morgan fingerprint density at radius 3 is 2.80 bits per heavy atom. The molecule has 1 aliphatic rings. The number of hydrogen-bond acceptors (Lipinski definition) is 3. The van der Waals surface area contributed by atoms with Gasteiger partial charge < -0.3 is 14.8 Å². The van der Waals surface area contributed by atoms with Crippen molar-refractivity contribution in [1.82, 2.24) is 5.32 Å². The van der Waals surface area contributed by atoms with Gasteiger partial charge in [0.25, 0.3) is 0 Å². The van der Waals surface area contributed by atoms with Crippen LogP contribution < -0.4 is 5.32 Å². The monoisotopic (exact) mass is 215 g/mol. The Hall–Kier alpha value is -0.120. The normalized spacial score (nSPS) is 26.0. The van der Waals surface area contributed by atoms with Gasteiger partial charge >= 0.3 is 0 Å². The van der Waals surface area contributed by atoms with E-state index >= 15 is 0 Å². The van der Waals surface area contributed by atoms with Crippen LogP contribution in [-0.4, -0.2) is 38.5 Å². The maximum absolute atomic E-state index is 5.83. The van der Waals surface area contributed by atoms with Crippen LogP contribution in [-0.2, 0) is 9.47 Å². The molecule has 1 N–H and O–H groups in total. The standard InChI is InChI=1S/C12H25NO2/c1-3-8-13-11-6-5-7-12(11)15-10-9-14-4-2/h11-13H,3-10H2,1-2H3.